The van der Waals surface area contributed by atoms with Crippen LogP contribution in [0.25, 0.3) is 0 Å². The average Bonchev–Trinajstić information content (AvgIpc) is 2.26. The molecule has 84 valence electrons. The number of nitro groups is 1. The summed E-state index contributed by atoms with van der Waals surface area (Å²) in [6, 6.07) is 3.55. The second-order valence-corrected chi connectivity index (χ2v) is 3.25. The Balaban J connectivity index is 3.26. The zero-order valence-electron chi connectivity index (χ0n) is 8.41. The lowest BCUT2D eigenvalue weighted by atomic mass is 9.96. The molecular formula is C10H9NO5. The molecule has 0 saturated heterocycles. The minimum atomic E-state index is -1.09. The summed E-state index contributed by atoms with van der Waals surface area (Å²) >= 11 is 0. The number of rotatable bonds is 4. The van der Waals surface area contributed by atoms with E-state index in [0.29, 0.717) is 6.29 Å². The second kappa shape index (κ2) is 4.52. The van der Waals surface area contributed by atoms with Gasteiger partial charge < -0.3 is 5.11 Å². The molecule has 16 heavy (non-hydrogen) atoms. The van der Waals surface area contributed by atoms with E-state index in [-0.39, 0.29) is 16.8 Å². The van der Waals surface area contributed by atoms with Crippen molar-refractivity contribution in [3.8, 4) is 0 Å². The molecule has 1 aromatic rings. The minimum absolute atomic E-state index is 0.0316. The van der Waals surface area contributed by atoms with E-state index in [1.54, 1.807) is 0 Å². The monoisotopic (exact) mass is 223 g/mol. The largest absolute Gasteiger partial charge is 0.481 e. The van der Waals surface area contributed by atoms with Crippen molar-refractivity contribution < 1.29 is 19.6 Å². The van der Waals surface area contributed by atoms with Gasteiger partial charge in [-0.25, -0.2) is 0 Å². The smallest absolute Gasteiger partial charge is 0.310 e. The Labute approximate surface area is 90.7 Å². The topological polar surface area (TPSA) is 97.5 Å². The van der Waals surface area contributed by atoms with Gasteiger partial charge in [0, 0.05) is 17.7 Å². The first-order chi connectivity index (χ1) is 7.47. The number of hydrogen-bond acceptors (Lipinski definition) is 4. The number of carboxylic acids is 1. The third kappa shape index (κ3) is 2.22. The maximum atomic E-state index is 10.7. The molecule has 6 heteroatoms. The van der Waals surface area contributed by atoms with E-state index in [9.17, 15) is 19.7 Å². The number of non-ortho nitro benzene ring substituents is 1. The Bertz CT molecular complexity index is 455. The van der Waals surface area contributed by atoms with E-state index in [1.807, 2.05) is 0 Å². The van der Waals surface area contributed by atoms with Crippen LogP contribution in [-0.4, -0.2) is 22.3 Å². The molecular weight excluding hydrogens is 214 g/mol. The molecule has 0 fully saturated rings. The molecule has 0 aliphatic rings. The number of carbonyl (C=O) groups is 2. The van der Waals surface area contributed by atoms with Crippen LogP contribution in [0.2, 0.25) is 0 Å². The van der Waals surface area contributed by atoms with Crippen molar-refractivity contribution in [2.45, 2.75) is 12.8 Å². The summed E-state index contributed by atoms with van der Waals surface area (Å²) in [6.07, 6.45) is 0.418. The van der Waals surface area contributed by atoms with Crippen LogP contribution in [0.3, 0.4) is 0 Å². The highest BCUT2D eigenvalue weighted by Gasteiger charge is 2.19. The number of carboxylic acid groups (broad SMARTS) is 1. The quantitative estimate of drug-likeness (QED) is 0.475. The minimum Gasteiger partial charge on any atom is -0.481 e. The second-order valence-electron chi connectivity index (χ2n) is 3.25. The number of aliphatic carboxylic acids is 1. The van der Waals surface area contributed by atoms with Crippen molar-refractivity contribution in [1.29, 1.82) is 0 Å². The van der Waals surface area contributed by atoms with E-state index in [2.05, 4.69) is 0 Å². The van der Waals surface area contributed by atoms with E-state index in [0.717, 1.165) is 6.07 Å². The van der Waals surface area contributed by atoms with E-state index < -0.39 is 16.8 Å². The van der Waals surface area contributed by atoms with Crippen LogP contribution < -0.4 is 0 Å². The lowest BCUT2D eigenvalue weighted by Crippen LogP contribution is -2.10. The summed E-state index contributed by atoms with van der Waals surface area (Å²) in [7, 11) is 0. The zero-order valence-corrected chi connectivity index (χ0v) is 8.41. The Morgan fingerprint density at radius 2 is 2.19 bits per heavy atom. The molecule has 6 nitrogen and oxygen atoms in total. The van der Waals surface area contributed by atoms with Crippen LogP contribution in [0.15, 0.2) is 18.2 Å². The Hall–Kier alpha value is -2.24. The van der Waals surface area contributed by atoms with Gasteiger partial charge in [-0.2, -0.15) is 0 Å². The van der Waals surface area contributed by atoms with Crippen molar-refractivity contribution in [3.63, 3.8) is 0 Å². The zero-order chi connectivity index (χ0) is 12.3. The average molecular weight is 223 g/mol. The summed E-state index contributed by atoms with van der Waals surface area (Å²) in [4.78, 5) is 31.3. The van der Waals surface area contributed by atoms with Crippen LogP contribution in [0.1, 0.15) is 28.8 Å². The molecule has 0 aliphatic heterocycles. The number of carbonyl (C=O) groups excluding carboxylic acids is 1. The van der Waals surface area contributed by atoms with Gasteiger partial charge in [-0.15, -0.1) is 0 Å². The van der Waals surface area contributed by atoms with Gasteiger partial charge in [-0.3, -0.25) is 19.7 Å². The third-order valence-electron chi connectivity index (χ3n) is 2.25. The number of benzene rings is 1. The molecule has 0 bridgehead atoms. The maximum absolute atomic E-state index is 10.7. The molecule has 1 atom stereocenters. The van der Waals surface area contributed by atoms with Crippen LogP contribution in [0, 0.1) is 10.1 Å². The fourth-order valence-electron chi connectivity index (χ4n) is 1.31. The van der Waals surface area contributed by atoms with E-state index in [1.165, 1.54) is 19.1 Å². The first-order valence-electron chi connectivity index (χ1n) is 4.43. The molecule has 0 amide bonds. The van der Waals surface area contributed by atoms with Gasteiger partial charge >= 0.3 is 5.97 Å². The fourth-order valence-corrected chi connectivity index (χ4v) is 1.31. The number of hydrogen-bond donors (Lipinski definition) is 1. The van der Waals surface area contributed by atoms with Crippen LogP contribution in [0.4, 0.5) is 5.69 Å². The Morgan fingerprint density at radius 1 is 1.56 bits per heavy atom. The molecule has 1 rings (SSSR count). The standard InChI is InChI=1S/C10H9NO5/c1-6(10(13)14)9-3-2-8(11(15)16)4-7(9)5-12/h2-6H,1H3,(H,13,14). The molecule has 0 radical (unpaired) electrons. The molecule has 0 aromatic heterocycles. The SMILES string of the molecule is CC(C(=O)O)c1ccc([N+](=O)[O-])cc1C=O. The van der Waals surface area contributed by atoms with Crippen LogP contribution in [-0.2, 0) is 4.79 Å². The van der Waals surface area contributed by atoms with E-state index >= 15 is 0 Å². The summed E-state index contributed by atoms with van der Waals surface area (Å²) in [5, 5.41) is 19.2. The Kier molecular flexibility index (Phi) is 3.34. The summed E-state index contributed by atoms with van der Waals surface area (Å²) in [6.45, 7) is 1.41. The van der Waals surface area contributed by atoms with Gasteiger partial charge in [0.1, 0.15) is 0 Å². The molecule has 0 heterocycles. The first-order valence-corrected chi connectivity index (χ1v) is 4.43. The summed E-state index contributed by atoms with van der Waals surface area (Å²) < 4.78 is 0. The van der Waals surface area contributed by atoms with Gasteiger partial charge in [0.15, 0.2) is 6.29 Å². The fraction of sp³-hybridized carbons (Fsp3) is 0.200. The van der Waals surface area contributed by atoms with Gasteiger partial charge in [-0.1, -0.05) is 6.07 Å². The lowest BCUT2D eigenvalue weighted by Gasteiger charge is -2.08. The molecule has 1 unspecified atom stereocenters. The van der Waals surface area contributed by atoms with Crippen LogP contribution in [0.5, 0.6) is 0 Å². The molecule has 0 spiro atoms. The third-order valence-corrected chi connectivity index (χ3v) is 2.25. The first kappa shape index (κ1) is 11.8. The number of nitro benzene ring substituents is 1. The highest BCUT2D eigenvalue weighted by molar-refractivity contribution is 5.84. The summed E-state index contributed by atoms with van der Waals surface area (Å²) in [5.41, 5.74) is 0.0700. The van der Waals surface area contributed by atoms with Gasteiger partial charge in [0.2, 0.25) is 0 Å². The molecule has 1 aromatic carbocycles. The van der Waals surface area contributed by atoms with Crippen LogP contribution >= 0.6 is 0 Å². The van der Waals surface area contributed by atoms with Gasteiger partial charge in [-0.05, 0) is 12.5 Å². The molecule has 0 saturated carbocycles. The summed E-state index contributed by atoms with van der Waals surface area (Å²) in [5.74, 6) is -1.96. The predicted octanol–water partition coefficient (Wildman–Crippen LogP) is 1.60. The predicted molar refractivity (Wildman–Crippen MR) is 54.5 cm³/mol. The maximum Gasteiger partial charge on any atom is 0.310 e. The van der Waals surface area contributed by atoms with Crippen molar-refractivity contribution in [1.82, 2.24) is 0 Å². The molecule has 1 N–H and O–H groups in total. The lowest BCUT2D eigenvalue weighted by molar-refractivity contribution is -0.384. The number of nitrogens with zero attached hydrogens (tertiary/aromatic N) is 1. The molecule has 0 aliphatic carbocycles. The number of aldehydes is 1. The van der Waals surface area contributed by atoms with Crippen molar-refractivity contribution in [3.05, 3.63) is 39.4 Å². The van der Waals surface area contributed by atoms with E-state index in [4.69, 9.17) is 5.11 Å². The van der Waals surface area contributed by atoms with Crippen molar-refractivity contribution in [2.24, 2.45) is 0 Å². The normalized spacial score (nSPS) is 11.8. The highest BCUT2D eigenvalue weighted by atomic mass is 16.6. The Morgan fingerprint density at radius 3 is 2.62 bits per heavy atom. The van der Waals surface area contributed by atoms with Crippen molar-refractivity contribution >= 4 is 17.9 Å². The van der Waals surface area contributed by atoms with Gasteiger partial charge in [0.05, 0.1) is 10.8 Å². The highest BCUT2D eigenvalue weighted by Crippen LogP contribution is 2.23. The van der Waals surface area contributed by atoms with Gasteiger partial charge in [0.25, 0.3) is 5.69 Å². The van der Waals surface area contributed by atoms with Crippen molar-refractivity contribution in [2.75, 3.05) is 0 Å².